The summed E-state index contributed by atoms with van der Waals surface area (Å²) < 4.78 is 2.32. The first-order chi connectivity index (χ1) is 7.51. The van der Waals surface area contributed by atoms with Crippen LogP contribution < -0.4 is 0 Å². The van der Waals surface area contributed by atoms with Crippen LogP contribution in [0.2, 0.25) is 0 Å². The van der Waals surface area contributed by atoms with Crippen LogP contribution in [-0.4, -0.2) is 21.3 Å². The molecule has 16 heavy (non-hydrogen) atoms. The second-order valence-electron chi connectivity index (χ2n) is 6.01. The molecule has 1 aliphatic heterocycles. The number of hydrogen-bond donors (Lipinski definition) is 1. The summed E-state index contributed by atoms with van der Waals surface area (Å²) in [5, 5.41) is 9.34. The molecule has 1 aliphatic rings. The second-order valence-corrected chi connectivity index (χ2v) is 6.01. The van der Waals surface area contributed by atoms with E-state index in [9.17, 15) is 5.11 Å². The van der Waals surface area contributed by atoms with Crippen LogP contribution in [0.4, 0.5) is 0 Å². The maximum atomic E-state index is 9.34. The van der Waals surface area contributed by atoms with Gasteiger partial charge in [0.25, 0.3) is 0 Å². The van der Waals surface area contributed by atoms with Gasteiger partial charge in [0.15, 0.2) is 0 Å². The van der Waals surface area contributed by atoms with Crippen LogP contribution in [0.15, 0.2) is 6.20 Å². The van der Waals surface area contributed by atoms with Gasteiger partial charge in [0.05, 0.1) is 6.61 Å². The number of aliphatic hydroxyl groups excluding tert-OH is 1. The molecule has 2 rings (SSSR count). The molecule has 90 valence electrons. The van der Waals surface area contributed by atoms with Gasteiger partial charge in [-0.3, -0.25) is 0 Å². The summed E-state index contributed by atoms with van der Waals surface area (Å²) in [5.74, 6) is 1.48. The van der Waals surface area contributed by atoms with Gasteiger partial charge in [-0.15, -0.1) is 0 Å². The number of hydrogen-bond acceptors (Lipinski definition) is 2. The standard InChI is InChI=1S/C13H22N2O/c1-13(2,3)7-12-14-8-11-10(9-16)5-4-6-15(11)12/h8,10,16H,4-7,9H2,1-3H3. The fraction of sp³-hybridized carbons (Fsp3) is 0.769. The van der Waals surface area contributed by atoms with E-state index < -0.39 is 0 Å². The van der Waals surface area contributed by atoms with Crippen molar-refractivity contribution in [3.8, 4) is 0 Å². The minimum Gasteiger partial charge on any atom is -0.396 e. The van der Waals surface area contributed by atoms with Crippen LogP contribution in [0, 0.1) is 5.41 Å². The molecule has 1 unspecified atom stereocenters. The molecule has 0 saturated heterocycles. The highest BCUT2D eigenvalue weighted by Crippen LogP contribution is 2.29. The minimum absolute atomic E-state index is 0.251. The molecule has 0 aromatic carbocycles. The molecule has 0 spiro atoms. The van der Waals surface area contributed by atoms with Crippen molar-refractivity contribution >= 4 is 0 Å². The highest BCUT2D eigenvalue weighted by Gasteiger charge is 2.24. The van der Waals surface area contributed by atoms with Gasteiger partial charge in [0, 0.05) is 30.8 Å². The van der Waals surface area contributed by atoms with Gasteiger partial charge >= 0.3 is 0 Å². The van der Waals surface area contributed by atoms with E-state index in [1.807, 2.05) is 6.20 Å². The monoisotopic (exact) mass is 222 g/mol. The Morgan fingerprint density at radius 1 is 1.50 bits per heavy atom. The molecule has 1 N–H and O–H groups in total. The van der Waals surface area contributed by atoms with E-state index >= 15 is 0 Å². The molecule has 1 aromatic rings. The predicted molar refractivity (Wildman–Crippen MR) is 64.4 cm³/mol. The summed E-state index contributed by atoms with van der Waals surface area (Å²) in [6.07, 6.45) is 5.22. The van der Waals surface area contributed by atoms with Crippen molar-refractivity contribution < 1.29 is 5.11 Å². The Balaban J connectivity index is 2.26. The third-order valence-electron chi connectivity index (χ3n) is 3.23. The summed E-state index contributed by atoms with van der Waals surface area (Å²) in [5.41, 5.74) is 1.50. The van der Waals surface area contributed by atoms with Crippen molar-refractivity contribution in [3.05, 3.63) is 17.7 Å². The average Bonchev–Trinajstić information content (AvgIpc) is 2.59. The van der Waals surface area contributed by atoms with Crippen molar-refractivity contribution in [1.29, 1.82) is 0 Å². The van der Waals surface area contributed by atoms with Crippen LogP contribution in [0.25, 0.3) is 0 Å². The van der Waals surface area contributed by atoms with Crippen LogP contribution >= 0.6 is 0 Å². The summed E-state index contributed by atoms with van der Waals surface area (Å²) in [7, 11) is 0. The number of rotatable bonds is 2. The highest BCUT2D eigenvalue weighted by molar-refractivity contribution is 5.14. The minimum atomic E-state index is 0.251. The Hall–Kier alpha value is -0.830. The number of aliphatic hydroxyl groups is 1. The molecule has 0 amide bonds. The van der Waals surface area contributed by atoms with Crippen molar-refractivity contribution in [2.75, 3.05) is 6.61 Å². The van der Waals surface area contributed by atoms with Gasteiger partial charge in [-0.2, -0.15) is 0 Å². The highest BCUT2D eigenvalue weighted by atomic mass is 16.3. The molecular weight excluding hydrogens is 200 g/mol. The SMILES string of the molecule is CC(C)(C)Cc1ncc2n1CCCC2CO. The second kappa shape index (κ2) is 4.21. The molecule has 0 radical (unpaired) electrons. The first-order valence-corrected chi connectivity index (χ1v) is 6.16. The largest absolute Gasteiger partial charge is 0.396 e. The van der Waals surface area contributed by atoms with Crippen molar-refractivity contribution in [2.45, 2.75) is 52.5 Å². The zero-order valence-corrected chi connectivity index (χ0v) is 10.5. The van der Waals surface area contributed by atoms with Crippen LogP contribution in [0.3, 0.4) is 0 Å². The maximum absolute atomic E-state index is 9.34. The lowest BCUT2D eigenvalue weighted by atomic mass is 9.91. The van der Waals surface area contributed by atoms with Gasteiger partial charge in [0.1, 0.15) is 5.82 Å². The number of imidazole rings is 1. The van der Waals surface area contributed by atoms with Gasteiger partial charge < -0.3 is 9.67 Å². The molecule has 0 fully saturated rings. The molecule has 0 aliphatic carbocycles. The summed E-state index contributed by atoms with van der Waals surface area (Å²) >= 11 is 0. The lowest BCUT2D eigenvalue weighted by molar-refractivity contribution is 0.239. The van der Waals surface area contributed by atoms with E-state index in [2.05, 4.69) is 30.3 Å². The Morgan fingerprint density at radius 2 is 2.25 bits per heavy atom. The average molecular weight is 222 g/mol. The van der Waals surface area contributed by atoms with E-state index in [0.717, 1.165) is 25.8 Å². The van der Waals surface area contributed by atoms with E-state index in [1.165, 1.54) is 11.5 Å². The van der Waals surface area contributed by atoms with Gasteiger partial charge in [-0.05, 0) is 18.3 Å². The molecule has 3 nitrogen and oxygen atoms in total. The number of fused-ring (bicyclic) bond motifs is 1. The van der Waals surface area contributed by atoms with Crippen molar-refractivity contribution in [3.63, 3.8) is 0 Å². The quantitative estimate of drug-likeness (QED) is 0.834. The molecule has 2 heterocycles. The van der Waals surface area contributed by atoms with Gasteiger partial charge in [0.2, 0.25) is 0 Å². The number of nitrogens with zero attached hydrogens (tertiary/aromatic N) is 2. The van der Waals surface area contributed by atoms with Crippen molar-refractivity contribution in [1.82, 2.24) is 9.55 Å². The molecular formula is C13H22N2O. The van der Waals surface area contributed by atoms with Crippen LogP contribution in [0.5, 0.6) is 0 Å². The predicted octanol–water partition coefficient (Wildman–Crippen LogP) is 2.34. The molecule has 1 aromatic heterocycles. The summed E-state index contributed by atoms with van der Waals surface area (Å²) in [6.45, 7) is 8.03. The van der Waals surface area contributed by atoms with Crippen molar-refractivity contribution in [2.24, 2.45) is 5.41 Å². The van der Waals surface area contributed by atoms with E-state index in [4.69, 9.17) is 0 Å². The fourth-order valence-corrected chi connectivity index (χ4v) is 2.46. The fourth-order valence-electron chi connectivity index (χ4n) is 2.46. The lowest BCUT2D eigenvalue weighted by Gasteiger charge is -2.25. The first kappa shape index (κ1) is 11.6. The molecule has 1 atom stereocenters. The Bertz CT molecular complexity index is 362. The smallest absolute Gasteiger partial charge is 0.109 e. The summed E-state index contributed by atoms with van der Waals surface area (Å²) in [4.78, 5) is 4.53. The van der Waals surface area contributed by atoms with Gasteiger partial charge in [-0.25, -0.2) is 4.98 Å². The third-order valence-corrected chi connectivity index (χ3v) is 3.23. The third kappa shape index (κ3) is 2.29. The molecule has 0 saturated carbocycles. The Labute approximate surface area is 97.5 Å². The normalized spacial score (nSPS) is 20.9. The van der Waals surface area contributed by atoms with Crippen LogP contribution in [0.1, 0.15) is 51.0 Å². The van der Waals surface area contributed by atoms with Crippen LogP contribution in [-0.2, 0) is 13.0 Å². The van der Waals surface area contributed by atoms with E-state index in [0.29, 0.717) is 5.92 Å². The molecule has 0 bridgehead atoms. The maximum Gasteiger partial charge on any atom is 0.109 e. The lowest BCUT2D eigenvalue weighted by Crippen LogP contribution is -2.21. The Morgan fingerprint density at radius 3 is 2.88 bits per heavy atom. The topological polar surface area (TPSA) is 38.0 Å². The Kier molecular flexibility index (Phi) is 3.06. The van der Waals surface area contributed by atoms with E-state index in [-0.39, 0.29) is 12.0 Å². The first-order valence-electron chi connectivity index (χ1n) is 6.16. The van der Waals surface area contributed by atoms with Gasteiger partial charge in [-0.1, -0.05) is 20.8 Å². The number of aromatic nitrogens is 2. The zero-order chi connectivity index (χ0) is 11.8. The molecule has 3 heteroatoms. The zero-order valence-electron chi connectivity index (χ0n) is 10.5. The summed E-state index contributed by atoms with van der Waals surface area (Å²) in [6, 6.07) is 0. The van der Waals surface area contributed by atoms with E-state index in [1.54, 1.807) is 0 Å².